The van der Waals surface area contributed by atoms with E-state index in [1.54, 1.807) is 58.0 Å². The van der Waals surface area contributed by atoms with Crippen molar-refractivity contribution in [2.24, 2.45) is 5.92 Å². The highest BCUT2D eigenvalue weighted by Gasteiger charge is 2.45. The lowest BCUT2D eigenvalue weighted by molar-refractivity contribution is -0.143. The number of hydrogen-bond donors (Lipinski definition) is 6. The first-order valence-electron chi connectivity index (χ1n) is 27.6. The molecule has 0 unspecified atom stereocenters. The topological polar surface area (TPSA) is 262 Å². The van der Waals surface area contributed by atoms with E-state index in [-0.39, 0.29) is 65.6 Å². The molecule has 5 atom stereocenters. The molecule has 2 aliphatic carbocycles. The quantitative estimate of drug-likeness (QED) is 0.0614. The second-order valence-corrected chi connectivity index (χ2v) is 25.0. The number of aromatic amines is 1. The Hall–Kier alpha value is -6.78. The van der Waals surface area contributed by atoms with Crippen molar-refractivity contribution in [2.75, 3.05) is 63.1 Å². The second-order valence-electron chi connectivity index (χ2n) is 22.4. The van der Waals surface area contributed by atoms with E-state index in [0.717, 1.165) is 87.8 Å². The van der Waals surface area contributed by atoms with Crippen LogP contribution in [0.5, 0.6) is 5.75 Å². The van der Waals surface area contributed by atoms with Gasteiger partial charge in [0.05, 0.1) is 41.3 Å². The minimum Gasteiger partial charge on any atom is -0.492 e. The molecule has 0 spiro atoms. The third kappa shape index (κ3) is 12.4. The predicted molar refractivity (Wildman–Crippen MR) is 297 cm³/mol. The number of nitrogens with zero attached hydrogens (tertiary/aromatic N) is 8. The summed E-state index contributed by atoms with van der Waals surface area (Å²) in [6.45, 7) is 14.5. The van der Waals surface area contributed by atoms with Crippen molar-refractivity contribution >= 4 is 61.8 Å². The number of ether oxygens (including phenoxy) is 1. The number of anilines is 3. The SMILES string of the molecule is CN[C@@H](C)C(=O)N[C@H](C(=O)N1C[C@@H](NC(=O)c2cnc(N3CCN(CCCOc4cc5ncnc(Nc6n[nH]c(C)c6C)c5cc4S(=O)(=O)C(C)(C)C)CC3)cn2)C[C@H]1C(=O)N[C@@H]1CCCc2ccccc21)C1CCCCC1. The molecule has 9 rings (SSSR count). The highest BCUT2D eigenvalue weighted by Crippen LogP contribution is 2.38. The Balaban J connectivity index is 0.809. The van der Waals surface area contributed by atoms with Crippen LogP contribution in [0.3, 0.4) is 0 Å². The van der Waals surface area contributed by atoms with Gasteiger partial charge >= 0.3 is 0 Å². The number of amides is 4. The number of benzene rings is 2. The maximum absolute atomic E-state index is 14.8. The minimum atomic E-state index is -3.85. The van der Waals surface area contributed by atoms with E-state index >= 15 is 0 Å². The average Bonchev–Trinajstić information content (AvgIpc) is 4.07. The Morgan fingerprint density at radius 1 is 0.897 bits per heavy atom. The van der Waals surface area contributed by atoms with Gasteiger partial charge in [-0.05, 0) is 117 Å². The number of fused-ring (bicyclic) bond motifs is 2. The van der Waals surface area contributed by atoms with Crippen LogP contribution < -0.4 is 36.2 Å². The number of likely N-dealkylation sites (tertiary alicyclic amines) is 1. The summed E-state index contributed by atoms with van der Waals surface area (Å²) >= 11 is 0. The zero-order valence-electron chi connectivity index (χ0n) is 46.0. The van der Waals surface area contributed by atoms with E-state index in [0.29, 0.717) is 47.9 Å². The first-order valence-corrected chi connectivity index (χ1v) is 29.1. The van der Waals surface area contributed by atoms with Crippen molar-refractivity contribution in [3.63, 3.8) is 0 Å². The van der Waals surface area contributed by atoms with Crippen LogP contribution in [0.25, 0.3) is 10.9 Å². The van der Waals surface area contributed by atoms with Crippen molar-refractivity contribution in [1.82, 2.24) is 61.2 Å². The Morgan fingerprint density at radius 3 is 2.37 bits per heavy atom. The van der Waals surface area contributed by atoms with Crippen molar-refractivity contribution in [3.05, 3.63) is 83.2 Å². The normalized spacial score (nSPS) is 20.2. The molecule has 0 radical (unpaired) electrons. The highest BCUT2D eigenvalue weighted by molar-refractivity contribution is 7.92. The summed E-state index contributed by atoms with van der Waals surface area (Å²) in [5.41, 5.74) is 4.75. The van der Waals surface area contributed by atoms with E-state index in [1.807, 2.05) is 26.0 Å². The zero-order chi connectivity index (χ0) is 55.3. The summed E-state index contributed by atoms with van der Waals surface area (Å²) < 4.78 is 33.2. The van der Waals surface area contributed by atoms with Crippen LogP contribution in [-0.2, 0) is 30.6 Å². The average molecular weight is 1090 g/mol. The minimum absolute atomic E-state index is 0.0709. The molecule has 0 bridgehead atoms. The van der Waals surface area contributed by atoms with Gasteiger partial charge < -0.3 is 41.1 Å². The standard InChI is InChI=1S/C56H76N14O7S/c1-34-35(2)66-67-50(34)65-51-41-28-47(78(75,76)56(4,5)6)46(29-43(41)60-33-61-51)77-26-14-21-68-22-24-69(25-23-68)48-31-58-44(30-59-48)53(72)62-39-27-45(54(73)63-42-20-13-18-37-15-11-12-19-40(37)42)70(32-39)55(74)49(38-16-9-8-10-17-38)64-52(71)36(3)57-7/h11-12,15,19,28-31,33,36,38-39,42,45,49,57H,8-10,13-14,16-18,20-27,32H2,1-7H3,(H,62,72)(H,63,73)(H,64,71)(H2,60,61,65,66,67)/t36-,39-,42+,45-,49-/m0/s1. The molecular formula is C56H76N14O7S. The summed E-state index contributed by atoms with van der Waals surface area (Å²) in [7, 11) is -2.15. The van der Waals surface area contributed by atoms with Gasteiger partial charge in [-0.2, -0.15) is 5.10 Å². The predicted octanol–water partition coefficient (Wildman–Crippen LogP) is 5.23. The Labute approximate surface area is 457 Å². The number of likely N-dealkylation sites (N-methyl/N-ethyl adjacent to an activating group) is 1. The number of carbonyl (C=O) groups excluding carboxylic acids is 4. The third-order valence-electron chi connectivity index (χ3n) is 16.1. The number of hydrogen-bond acceptors (Lipinski definition) is 16. The van der Waals surface area contributed by atoms with E-state index in [1.165, 1.54) is 18.1 Å². The van der Waals surface area contributed by atoms with E-state index in [4.69, 9.17) is 4.74 Å². The van der Waals surface area contributed by atoms with Gasteiger partial charge in [-0.15, -0.1) is 0 Å². The molecule has 21 nitrogen and oxygen atoms in total. The molecule has 4 amide bonds. The number of aromatic nitrogens is 6. The summed E-state index contributed by atoms with van der Waals surface area (Å²) in [5, 5.41) is 23.4. The number of H-pyrrole nitrogens is 1. The summed E-state index contributed by atoms with van der Waals surface area (Å²) in [5.74, 6) is 0.493. The van der Waals surface area contributed by atoms with Crippen LogP contribution in [-0.4, -0.2) is 154 Å². The molecule has 4 aliphatic rings. The van der Waals surface area contributed by atoms with Gasteiger partial charge in [0.25, 0.3) is 5.91 Å². The fraction of sp³-hybridized carbons (Fsp3) is 0.554. The third-order valence-corrected chi connectivity index (χ3v) is 18.7. The number of piperazine rings is 1. The molecule has 2 aromatic carbocycles. The van der Waals surface area contributed by atoms with Crippen LogP contribution in [0.2, 0.25) is 0 Å². The molecule has 3 fully saturated rings. The number of aryl methyl sites for hydroxylation is 2. The maximum Gasteiger partial charge on any atom is 0.271 e. The van der Waals surface area contributed by atoms with Gasteiger partial charge in [0, 0.05) is 68.0 Å². The van der Waals surface area contributed by atoms with Gasteiger partial charge in [-0.1, -0.05) is 43.5 Å². The first kappa shape index (κ1) is 56.0. The Kier molecular flexibility index (Phi) is 17.3. The fourth-order valence-corrected chi connectivity index (χ4v) is 12.4. The zero-order valence-corrected chi connectivity index (χ0v) is 46.8. The van der Waals surface area contributed by atoms with Crippen LogP contribution in [0.4, 0.5) is 17.5 Å². The summed E-state index contributed by atoms with van der Waals surface area (Å²) in [6.07, 6.45) is 12.5. The lowest BCUT2D eigenvalue weighted by atomic mass is 9.83. The smallest absolute Gasteiger partial charge is 0.271 e. The molecular weight excluding hydrogens is 1010 g/mol. The van der Waals surface area contributed by atoms with Crippen LogP contribution in [0.15, 0.2) is 60.0 Å². The molecule has 5 heterocycles. The van der Waals surface area contributed by atoms with E-state index in [2.05, 4.69) is 78.6 Å². The van der Waals surface area contributed by atoms with Gasteiger partial charge in [-0.3, -0.25) is 29.2 Å². The van der Waals surface area contributed by atoms with Crippen molar-refractivity contribution < 1.29 is 32.3 Å². The monoisotopic (exact) mass is 1090 g/mol. The Bertz CT molecular complexity index is 3080. The van der Waals surface area contributed by atoms with Gasteiger partial charge in [-0.25, -0.2) is 28.4 Å². The number of sulfone groups is 1. The molecule has 22 heteroatoms. The molecule has 2 saturated heterocycles. The van der Waals surface area contributed by atoms with E-state index < -0.39 is 44.7 Å². The second kappa shape index (κ2) is 24.1. The maximum atomic E-state index is 14.8. The van der Waals surface area contributed by atoms with Crippen LogP contribution in [0.1, 0.15) is 124 Å². The number of nitrogens with one attached hydrogen (secondary N) is 6. The highest BCUT2D eigenvalue weighted by atomic mass is 32.2. The largest absolute Gasteiger partial charge is 0.492 e. The molecule has 3 aromatic heterocycles. The molecule has 78 heavy (non-hydrogen) atoms. The number of rotatable bonds is 18. The summed E-state index contributed by atoms with van der Waals surface area (Å²) in [4.78, 5) is 80.6. The summed E-state index contributed by atoms with van der Waals surface area (Å²) in [6, 6.07) is 8.43. The van der Waals surface area contributed by atoms with Crippen molar-refractivity contribution in [3.8, 4) is 5.75 Å². The Morgan fingerprint density at radius 2 is 1.67 bits per heavy atom. The van der Waals surface area contributed by atoms with E-state index in [9.17, 15) is 27.6 Å². The van der Waals surface area contributed by atoms with Crippen LogP contribution in [0, 0.1) is 19.8 Å². The molecule has 1 saturated carbocycles. The molecule has 418 valence electrons. The lowest BCUT2D eigenvalue weighted by Gasteiger charge is -2.35. The first-order chi connectivity index (χ1) is 37.4. The van der Waals surface area contributed by atoms with Crippen molar-refractivity contribution in [1.29, 1.82) is 0 Å². The number of carbonyl (C=O) groups is 4. The lowest BCUT2D eigenvalue weighted by Crippen LogP contribution is -2.58. The molecule has 5 aromatic rings. The van der Waals surface area contributed by atoms with Gasteiger partial charge in [0.15, 0.2) is 15.7 Å². The fourth-order valence-electron chi connectivity index (χ4n) is 11.1. The van der Waals surface area contributed by atoms with Gasteiger partial charge in [0.1, 0.15) is 46.4 Å². The van der Waals surface area contributed by atoms with Crippen molar-refractivity contribution in [2.45, 2.75) is 146 Å². The van der Waals surface area contributed by atoms with Crippen LogP contribution >= 0.6 is 0 Å². The molecule has 6 N–H and O–H groups in total. The molecule has 2 aliphatic heterocycles. The van der Waals surface area contributed by atoms with Gasteiger partial charge in [0.2, 0.25) is 17.7 Å².